The van der Waals surface area contributed by atoms with Gasteiger partial charge in [0, 0.05) is 31.7 Å². The van der Waals surface area contributed by atoms with Crippen LogP contribution in [-0.2, 0) is 11.3 Å². The third-order valence-corrected chi connectivity index (χ3v) is 4.35. The molecule has 2 aliphatic rings. The van der Waals surface area contributed by atoms with Gasteiger partial charge in [0.2, 0.25) is 5.91 Å². The Hall–Kier alpha value is -1.35. The molecule has 1 N–H and O–H groups in total. The van der Waals surface area contributed by atoms with E-state index in [0.717, 1.165) is 31.7 Å². The van der Waals surface area contributed by atoms with Crippen LogP contribution in [0.5, 0.6) is 0 Å². The molecule has 1 aromatic rings. The summed E-state index contributed by atoms with van der Waals surface area (Å²) >= 11 is 0. The number of carbonyl (C=O) groups excluding carboxylic acids is 1. The monoisotopic (exact) mass is 258 g/mol. The molecule has 0 saturated heterocycles. The van der Waals surface area contributed by atoms with Gasteiger partial charge in [0.1, 0.15) is 0 Å². The standard InChI is InChI=1S/C16H22N2O/c19-16(11-13-5-1-2-6-13)18-10-9-17-12-14-7-3-4-8-15(14)18/h3-4,7-8,13,17H,1-2,5-6,9-12H2. The number of anilines is 1. The van der Waals surface area contributed by atoms with Gasteiger partial charge in [0.25, 0.3) is 0 Å². The van der Waals surface area contributed by atoms with Crippen molar-refractivity contribution < 1.29 is 4.79 Å². The Morgan fingerprint density at radius 1 is 1.26 bits per heavy atom. The molecule has 3 rings (SSSR count). The lowest BCUT2D eigenvalue weighted by Gasteiger charge is -2.24. The van der Waals surface area contributed by atoms with Gasteiger partial charge in [-0.3, -0.25) is 4.79 Å². The molecule has 0 radical (unpaired) electrons. The molecule has 1 aliphatic carbocycles. The third-order valence-electron chi connectivity index (χ3n) is 4.35. The quantitative estimate of drug-likeness (QED) is 0.884. The summed E-state index contributed by atoms with van der Waals surface area (Å²) in [6.45, 7) is 2.54. The van der Waals surface area contributed by atoms with Crippen LogP contribution in [0.1, 0.15) is 37.7 Å². The smallest absolute Gasteiger partial charge is 0.227 e. The van der Waals surface area contributed by atoms with Crippen molar-refractivity contribution in [3.05, 3.63) is 29.8 Å². The minimum atomic E-state index is 0.308. The Balaban J connectivity index is 1.77. The van der Waals surface area contributed by atoms with Crippen molar-refractivity contribution >= 4 is 11.6 Å². The van der Waals surface area contributed by atoms with Crippen molar-refractivity contribution in [1.82, 2.24) is 5.32 Å². The van der Waals surface area contributed by atoms with Gasteiger partial charge in [-0.1, -0.05) is 31.0 Å². The molecule has 0 bridgehead atoms. The number of carbonyl (C=O) groups is 1. The SMILES string of the molecule is O=C(CC1CCCC1)N1CCNCc2ccccc21. The van der Waals surface area contributed by atoms with Crippen LogP contribution in [0.2, 0.25) is 0 Å². The molecule has 0 spiro atoms. The van der Waals surface area contributed by atoms with Gasteiger partial charge in [-0.05, 0) is 30.4 Å². The molecular weight excluding hydrogens is 236 g/mol. The van der Waals surface area contributed by atoms with Crippen LogP contribution in [0.4, 0.5) is 5.69 Å². The maximum atomic E-state index is 12.6. The van der Waals surface area contributed by atoms with E-state index in [2.05, 4.69) is 17.4 Å². The molecule has 0 unspecified atom stereocenters. The number of nitrogens with one attached hydrogen (secondary N) is 1. The summed E-state index contributed by atoms with van der Waals surface area (Å²) in [6, 6.07) is 8.27. The van der Waals surface area contributed by atoms with E-state index in [1.54, 1.807) is 0 Å². The molecule has 0 atom stereocenters. The first kappa shape index (κ1) is 12.7. The Morgan fingerprint density at radius 2 is 2.05 bits per heavy atom. The number of hydrogen-bond donors (Lipinski definition) is 1. The van der Waals surface area contributed by atoms with Gasteiger partial charge in [0.05, 0.1) is 0 Å². The molecule has 19 heavy (non-hydrogen) atoms. The Labute approximate surface area is 115 Å². The predicted molar refractivity (Wildman–Crippen MR) is 77.1 cm³/mol. The lowest BCUT2D eigenvalue weighted by molar-refractivity contribution is -0.119. The van der Waals surface area contributed by atoms with E-state index in [9.17, 15) is 4.79 Å². The summed E-state index contributed by atoms with van der Waals surface area (Å²) < 4.78 is 0. The van der Waals surface area contributed by atoms with Crippen molar-refractivity contribution in [3.8, 4) is 0 Å². The van der Waals surface area contributed by atoms with Gasteiger partial charge >= 0.3 is 0 Å². The topological polar surface area (TPSA) is 32.3 Å². The van der Waals surface area contributed by atoms with Crippen LogP contribution in [0.15, 0.2) is 24.3 Å². The zero-order valence-corrected chi connectivity index (χ0v) is 11.4. The van der Waals surface area contributed by atoms with Gasteiger partial charge < -0.3 is 10.2 Å². The molecule has 1 heterocycles. The molecule has 1 aromatic carbocycles. The highest BCUT2D eigenvalue weighted by Gasteiger charge is 2.25. The number of nitrogens with zero attached hydrogens (tertiary/aromatic N) is 1. The average molecular weight is 258 g/mol. The third kappa shape index (κ3) is 2.81. The Kier molecular flexibility index (Phi) is 3.83. The lowest BCUT2D eigenvalue weighted by atomic mass is 10.0. The lowest BCUT2D eigenvalue weighted by Crippen LogP contribution is -2.35. The molecule has 1 saturated carbocycles. The van der Waals surface area contributed by atoms with E-state index >= 15 is 0 Å². The van der Waals surface area contributed by atoms with E-state index in [4.69, 9.17) is 0 Å². The molecule has 1 aliphatic heterocycles. The Morgan fingerprint density at radius 3 is 2.89 bits per heavy atom. The number of para-hydroxylation sites is 1. The van der Waals surface area contributed by atoms with Crippen LogP contribution < -0.4 is 10.2 Å². The zero-order valence-electron chi connectivity index (χ0n) is 11.4. The van der Waals surface area contributed by atoms with Crippen molar-refractivity contribution in [3.63, 3.8) is 0 Å². The van der Waals surface area contributed by atoms with E-state index in [-0.39, 0.29) is 0 Å². The largest absolute Gasteiger partial charge is 0.311 e. The van der Waals surface area contributed by atoms with Crippen molar-refractivity contribution in [2.45, 2.75) is 38.6 Å². The van der Waals surface area contributed by atoms with E-state index in [0.29, 0.717) is 11.8 Å². The average Bonchev–Trinajstić information content (AvgIpc) is 2.83. The fourth-order valence-corrected chi connectivity index (χ4v) is 3.29. The normalized spacial score (nSPS) is 20.1. The second-order valence-corrected chi connectivity index (χ2v) is 5.71. The van der Waals surface area contributed by atoms with Crippen molar-refractivity contribution in [2.75, 3.05) is 18.0 Å². The van der Waals surface area contributed by atoms with Crippen LogP contribution in [0.25, 0.3) is 0 Å². The van der Waals surface area contributed by atoms with Crippen LogP contribution in [-0.4, -0.2) is 19.0 Å². The maximum Gasteiger partial charge on any atom is 0.227 e. The van der Waals surface area contributed by atoms with Crippen LogP contribution in [0, 0.1) is 5.92 Å². The first-order valence-corrected chi connectivity index (χ1v) is 7.43. The number of fused-ring (bicyclic) bond motifs is 1. The molecule has 102 valence electrons. The zero-order chi connectivity index (χ0) is 13.1. The molecular formula is C16H22N2O. The minimum Gasteiger partial charge on any atom is -0.311 e. The number of rotatable bonds is 2. The van der Waals surface area contributed by atoms with Crippen LogP contribution >= 0.6 is 0 Å². The highest BCUT2D eigenvalue weighted by Crippen LogP contribution is 2.30. The predicted octanol–water partition coefficient (Wildman–Crippen LogP) is 2.70. The molecule has 3 heteroatoms. The summed E-state index contributed by atoms with van der Waals surface area (Å²) in [5.74, 6) is 0.930. The van der Waals surface area contributed by atoms with E-state index in [1.165, 1.54) is 31.2 Å². The summed E-state index contributed by atoms with van der Waals surface area (Å²) in [5.41, 5.74) is 2.34. The van der Waals surface area contributed by atoms with E-state index < -0.39 is 0 Å². The van der Waals surface area contributed by atoms with Crippen molar-refractivity contribution in [1.29, 1.82) is 0 Å². The summed E-state index contributed by atoms with van der Waals surface area (Å²) in [4.78, 5) is 14.6. The van der Waals surface area contributed by atoms with Crippen LogP contribution in [0.3, 0.4) is 0 Å². The van der Waals surface area contributed by atoms with Gasteiger partial charge in [-0.25, -0.2) is 0 Å². The fourth-order valence-electron chi connectivity index (χ4n) is 3.29. The fraction of sp³-hybridized carbons (Fsp3) is 0.562. The van der Waals surface area contributed by atoms with Gasteiger partial charge in [-0.2, -0.15) is 0 Å². The number of benzene rings is 1. The molecule has 3 nitrogen and oxygen atoms in total. The second kappa shape index (κ2) is 5.74. The highest BCUT2D eigenvalue weighted by molar-refractivity contribution is 5.94. The minimum absolute atomic E-state index is 0.308. The van der Waals surface area contributed by atoms with Gasteiger partial charge in [0.15, 0.2) is 0 Å². The molecule has 1 amide bonds. The number of hydrogen-bond acceptors (Lipinski definition) is 2. The van der Waals surface area contributed by atoms with Gasteiger partial charge in [-0.15, -0.1) is 0 Å². The number of amides is 1. The highest BCUT2D eigenvalue weighted by atomic mass is 16.2. The molecule has 1 fully saturated rings. The Bertz CT molecular complexity index is 452. The first-order chi connectivity index (χ1) is 9.34. The van der Waals surface area contributed by atoms with E-state index in [1.807, 2.05) is 17.0 Å². The van der Waals surface area contributed by atoms with Crippen molar-refractivity contribution in [2.24, 2.45) is 5.92 Å². The summed E-state index contributed by atoms with van der Waals surface area (Å²) in [6.07, 6.45) is 5.81. The first-order valence-electron chi connectivity index (χ1n) is 7.43. The maximum absolute atomic E-state index is 12.6. The summed E-state index contributed by atoms with van der Waals surface area (Å²) in [5, 5.41) is 3.39. The molecule has 0 aromatic heterocycles. The second-order valence-electron chi connectivity index (χ2n) is 5.71. The summed E-state index contributed by atoms with van der Waals surface area (Å²) in [7, 11) is 0.